The summed E-state index contributed by atoms with van der Waals surface area (Å²) < 4.78 is 25.6. The first-order valence-corrected chi connectivity index (χ1v) is 7.71. The SMILES string of the molecule is CN(c1ccccc1)S(=O)(=O)CC(=O)c1ccccc1. The molecule has 4 nitrogen and oxygen atoms in total. The van der Waals surface area contributed by atoms with E-state index in [-0.39, 0.29) is 0 Å². The van der Waals surface area contributed by atoms with E-state index in [1.54, 1.807) is 60.7 Å². The maximum Gasteiger partial charge on any atom is 0.242 e. The number of carbonyl (C=O) groups is 1. The van der Waals surface area contributed by atoms with E-state index >= 15 is 0 Å². The Balaban J connectivity index is 2.18. The van der Waals surface area contributed by atoms with E-state index in [9.17, 15) is 13.2 Å². The van der Waals surface area contributed by atoms with Crippen LogP contribution in [0.1, 0.15) is 10.4 Å². The first kappa shape index (κ1) is 14.3. The van der Waals surface area contributed by atoms with Gasteiger partial charge in [0.2, 0.25) is 10.0 Å². The highest BCUT2D eigenvalue weighted by molar-refractivity contribution is 7.93. The standard InChI is InChI=1S/C15H15NO3S/c1-16(14-10-6-3-7-11-14)20(18,19)12-15(17)13-8-4-2-5-9-13/h2-11H,12H2,1H3. The summed E-state index contributed by atoms with van der Waals surface area (Å²) in [5.41, 5.74) is 0.936. The second-order valence-corrected chi connectivity index (χ2v) is 6.35. The summed E-state index contributed by atoms with van der Waals surface area (Å²) in [6.45, 7) is 0. The molecule has 0 atom stereocenters. The van der Waals surface area contributed by atoms with Gasteiger partial charge in [0.15, 0.2) is 5.78 Å². The molecule has 2 aromatic rings. The molecule has 0 heterocycles. The molecule has 20 heavy (non-hydrogen) atoms. The average molecular weight is 289 g/mol. The zero-order valence-corrected chi connectivity index (χ0v) is 11.9. The molecule has 2 rings (SSSR count). The van der Waals surface area contributed by atoms with E-state index in [2.05, 4.69) is 0 Å². The molecule has 0 spiro atoms. The number of benzene rings is 2. The molecule has 0 fully saturated rings. The molecule has 104 valence electrons. The lowest BCUT2D eigenvalue weighted by atomic mass is 10.2. The quantitative estimate of drug-likeness (QED) is 0.794. The Bertz CT molecular complexity index is 682. The Labute approximate surface area is 118 Å². The van der Waals surface area contributed by atoms with Gasteiger partial charge in [0.1, 0.15) is 5.75 Å². The van der Waals surface area contributed by atoms with Gasteiger partial charge in [-0.05, 0) is 12.1 Å². The normalized spacial score (nSPS) is 11.1. The number of ketones is 1. The van der Waals surface area contributed by atoms with E-state index < -0.39 is 21.6 Å². The number of carbonyl (C=O) groups excluding carboxylic acids is 1. The van der Waals surface area contributed by atoms with Crippen LogP contribution in [0.25, 0.3) is 0 Å². The van der Waals surface area contributed by atoms with Crippen LogP contribution in [0.4, 0.5) is 5.69 Å². The van der Waals surface area contributed by atoms with Crippen molar-refractivity contribution in [1.29, 1.82) is 0 Å². The highest BCUT2D eigenvalue weighted by atomic mass is 32.2. The van der Waals surface area contributed by atoms with Crippen LogP contribution in [-0.4, -0.2) is 27.0 Å². The van der Waals surface area contributed by atoms with Crippen LogP contribution in [0.5, 0.6) is 0 Å². The van der Waals surface area contributed by atoms with Crippen molar-refractivity contribution >= 4 is 21.5 Å². The van der Waals surface area contributed by atoms with Crippen molar-refractivity contribution in [1.82, 2.24) is 0 Å². The minimum absolute atomic E-state index is 0.400. The van der Waals surface area contributed by atoms with Gasteiger partial charge < -0.3 is 0 Å². The molecule has 0 radical (unpaired) electrons. The largest absolute Gasteiger partial charge is 0.293 e. The third-order valence-electron chi connectivity index (χ3n) is 2.95. The van der Waals surface area contributed by atoms with Crippen molar-refractivity contribution in [3.63, 3.8) is 0 Å². The van der Waals surface area contributed by atoms with Gasteiger partial charge >= 0.3 is 0 Å². The van der Waals surface area contributed by atoms with Gasteiger partial charge in [-0.25, -0.2) is 8.42 Å². The summed E-state index contributed by atoms with van der Waals surface area (Å²) in [6, 6.07) is 17.1. The lowest BCUT2D eigenvalue weighted by molar-refractivity contribution is 0.102. The number of Topliss-reactive ketones (excluding diaryl/α,β-unsaturated/α-hetero) is 1. The molecule has 0 bridgehead atoms. The Morgan fingerprint density at radius 1 is 0.950 bits per heavy atom. The first-order chi connectivity index (χ1) is 9.50. The lowest BCUT2D eigenvalue weighted by Crippen LogP contribution is -2.32. The minimum atomic E-state index is -3.68. The summed E-state index contributed by atoms with van der Waals surface area (Å²) >= 11 is 0. The Morgan fingerprint density at radius 3 is 2.00 bits per heavy atom. The maximum atomic E-state index is 12.2. The Morgan fingerprint density at radius 2 is 1.45 bits per heavy atom. The fourth-order valence-electron chi connectivity index (χ4n) is 1.77. The lowest BCUT2D eigenvalue weighted by Gasteiger charge is -2.18. The van der Waals surface area contributed by atoms with Gasteiger partial charge in [-0.15, -0.1) is 0 Å². The molecule has 0 aromatic heterocycles. The van der Waals surface area contributed by atoms with Crippen LogP contribution in [0.2, 0.25) is 0 Å². The third-order valence-corrected chi connectivity index (χ3v) is 4.62. The number of rotatable bonds is 5. The monoisotopic (exact) mass is 289 g/mol. The van der Waals surface area contributed by atoms with Gasteiger partial charge in [-0.2, -0.15) is 0 Å². The summed E-state index contributed by atoms with van der Waals surface area (Å²) in [6.07, 6.45) is 0. The summed E-state index contributed by atoms with van der Waals surface area (Å²) in [7, 11) is -2.23. The van der Waals surface area contributed by atoms with Gasteiger partial charge in [0.05, 0.1) is 5.69 Å². The van der Waals surface area contributed by atoms with Crippen molar-refractivity contribution in [3.8, 4) is 0 Å². The third kappa shape index (κ3) is 3.24. The van der Waals surface area contributed by atoms with Crippen molar-refractivity contribution < 1.29 is 13.2 Å². The molecule has 5 heteroatoms. The van der Waals surface area contributed by atoms with E-state index in [1.807, 2.05) is 0 Å². The highest BCUT2D eigenvalue weighted by Crippen LogP contribution is 2.16. The molecule has 2 aromatic carbocycles. The summed E-state index contributed by atoms with van der Waals surface area (Å²) in [5, 5.41) is 0. The number of nitrogens with zero attached hydrogens (tertiary/aromatic N) is 1. The number of para-hydroxylation sites is 1. The van der Waals surface area contributed by atoms with E-state index in [1.165, 1.54) is 7.05 Å². The zero-order valence-electron chi connectivity index (χ0n) is 11.1. The van der Waals surface area contributed by atoms with Gasteiger partial charge in [-0.3, -0.25) is 9.10 Å². The number of hydrogen-bond donors (Lipinski definition) is 0. The molecule has 0 amide bonds. The molecule has 0 unspecified atom stereocenters. The predicted molar refractivity (Wildman–Crippen MR) is 79.4 cm³/mol. The molecule has 0 saturated heterocycles. The van der Waals surface area contributed by atoms with E-state index in [0.717, 1.165) is 4.31 Å². The smallest absolute Gasteiger partial charge is 0.242 e. The number of anilines is 1. The Hall–Kier alpha value is -2.14. The molecule has 0 N–H and O–H groups in total. The predicted octanol–water partition coefficient (Wildman–Crippen LogP) is 2.34. The van der Waals surface area contributed by atoms with Gasteiger partial charge in [0, 0.05) is 12.6 Å². The molecular formula is C15H15NO3S. The second-order valence-electron chi connectivity index (χ2n) is 4.35. The molecule has 0 aliphatic heterocycles. The molecule has 0 saturated carbocycles. The second kappa shape index (κ2) is 5.88. The molecule has 0 aliphatic carbocycles. The van der Waals surface area contributed by atoms with Gasteiger partial charge in [0.25, 0.3) is 0 Å². The fraction of sp³-hybridized carbons (Fsp3) is 0.133. The van der Waals surface area contributed by atoms with Crippen LogP contribution in [-0.2, 0) is 10.0 Å². The average Bonchev–Trinajstić information content (AvgIpc) is 2.48. The van der Waals surface area contributed by atoms with Crippen LogP contribution in [0, 0.1) is 0 Å². The topological polar surface area (TPSA) is 54.5 Å². The number of hydrogen-bond acceptors (Lipinski definition) is 3. The zero-order chi connectivity index (χ0) is 14.6. The van der Waals surface area contributed by atoms with Crippen molar-refractivity contribution in [3.05, 3.63) is 66.2 Å². The van der Waals surface area contributed by atoms with Crippen molar-refractivity contribution in [2.45, 2.75) is 0 Å². The van der Waals surface area contributed by atoms with Gasteiger partial charge in [-0.1, -0.05) is 48.5 Å². The highest BCUT2D eigenvalue weighted by Gasteiger charge is 2.23. The van der Waals surface area contributed by atoms with Crippen molar-refractivity contribution in [2.75, 3.05) is 17.1 Å². The van der Waals surface area contributed by atoms with E-state index in [0.29, 0.717) is 11.3 Å². The summed E-state index contributed by atoms with van der Waals surface area (Å²) in [4.78, 5) is 12.0. The van der Waals surface area contributed by atoms with Crippen LogP contribution in [0.15, 0.2) is 60.7 Å². The van der Waals surface area contributed by atoms with Crippen LogP contribution in [0.3, 0.4) is 0 Å². The van der Waals surface area contributed by atoms with Crippen molar-refractivity contribution in [2.24, 2.45) is 0 Å². The Kier molecular flexibility index (Phi) is 4.20. The molecular weight excluding hydrogens is 274 g/mol. The number of sulfonamides is 1. The minimum Gasteiger partial charge on any atom is -0.293 e. The van der Waals surface area contributed by atoms with Crippen LogP contribution >= 0.6 is 0 Å². The summed E-state index contributed by atoms with van der Waals surface area (Å²) in [5.74, 6) is -0.948. The van der Waals surface area contributed by atoms with E-state index in [4.69, 9.17) is 0 Å². The fourth-order valence-corrected chi connectivity index (χ4v) is 2.90. The molecule has 0 aliphatic rings. The van der Waals surface area contributed by atoms with Crippen LogP contribution < -0.4 is 4.31 Å². The maximum absolute atomic E-state index is 12.2. The first-order valence-electron chi connectivity index (χ1n) is 6.10.